The van der Waals surface area contributed by atoms with Crippen molar-refractivity contribution in [1.82, 2.24) is 0 Å². The zero-order valence-corrected chi connectivity index (χ0v) is 17.9. The predicted octanol–water partition coefficient (Wildman–Crippen LogP) is 5.01. The summed E-state index contributed by atoms with van der Waals surface area (Å²) in [4.78, 5) is 34.4. The molecule has 0 bridgehead atoms. The van der Waals surface area contributed by atoms with Gasteiger partial charge in [0.05, 0.1) is 17.4 Å². The number of halogens is 1. The van der Waals surface area contributed by atoms with Crippen LogP contribution in [0.25, 0.3) is 0 Å². The molecule has 2 heterocycles. The quantitative estimate of drug-likeness (QED) is 0.546. The van der Waals surface area contributed by atoms with Crippen molar-refractivity contribution in [2.45, 2.75) is 26.0 Å². The van der Waals surface area contributed by atoms with Crippen molar-refractivity contribution in [2.75, 3.05) is 9.96 Å². The van der Waals surface area contributed by atoms with Gasteiger partial charge < -0.3 is 0 Å². The average molecular weight is 433 g/mol. The summed E-state index contributed by atoms with van der Waals surface area (Å²) in [5.41, 5.74) is 4.05. The average Bonchev–Trinajstić information content (AvgIpc) is 3.28. The monoisotopic (exact) mass is 432 g/mol. The van der Waals surface area contributed by atoms with E-state index in [1.165, 1.54) is 4.90 Å². The summed E-state index contributed by atoms with van der Waals surface area (Å²) in [7, 11) is 0. The molecular formula is C25H21ClN2O3. The molecule has 0 aliphatic carbocycles. The molecule has 6 heteroatoms. The number of imide groups is 1. The fourth-order valence-electron chi connectivity index (χ4n) is 4.39. The highest BCUT2D eigenvalue weighted by molar-refractivity contribution is 6.32. The molecule has 2 aliphatic rings. The highest BCUT2D eigenvalue weighted by Crippen LogP contribution is 2.48. The third-order valence-corrected chi connectivity index (χ3v) is 6.43. The van der Waals surface area contributed by atoms with E-state index in [4.69, 9.17) is 16.4 Å². The van der Waals surface area contributed by atoms with Crippen LogP contribution in [-0.2, 0) is 14.4 Å². The Morgan fingerprint density at radius 3 is 2.26 bits per heavy atom. The molecule has 3 aromatic rings. The molecule has 0 saturated carbocycles. The van der Waals surface area contributed by atoms with Crippen molar-refractivity contribution in [3.63, 3.8) is 0 Å². The second kappa shape index (κ2) is 7.52. The molecule has 5 nitrogen and oxygen atoms in total. The van der Waals surface area contributed by atoms with E-state index in [0.29, 0.717) is 16.3 Å². The molecule has 5 rings (SSSR count). The van der Waals surface area contributed by atoms with Crippen molar-refractivity contribution in [3.8, 4) is 0 Å². The smallest absolute Gasteiger partial charge is 0.266 e. The molecule has 2 fully saturated rings. The second-order valence-corrected chi connectivity index (χ2v) is 8.37. The lowest BCUT2D eigenvalue weighted by Gasteiger charge is -2.29. The molecule has 2 saturated heterocycles. The zero-order chi connectivity index (χ0) is 21.7. The second-order valence-electron chi connectivity index (χ2n) is 7.96. The highest BCUT2D eigenvalue weighted by Gasteiger charge is 2.60. The van der Waals surface area contributed by atoms with Crippen molar-refractivity contribution >= 4 is 34.8 Å². The topological polar surface area (TPSA) is 49.9 Å². The summed E-state index contributed by atoms with van der Waals surface area (Å²) in [5, 5.41) is 2.22. The first-order chi connectivity index (χ1) is 15.0. The number of hydroxylamine groups is 1. The van der Waals surface area contributed by atoms with E-state index in [2.05, 4.69) is 0 Å². The molecule has 0 radical (unpaired) electrons. The molecule has 0 spiro atoms. The number of nitrogens with zero attached hydrogens (tertiary/aromatic N) is 2. The minimum atomic E-state index is -0.891. The Morgan fingerprint density at radius 2 is 1.55 bits per heavy atom. The molecule has 0 unspecified atom stereocenters. The van der Waals surface area contributed by atoms with Crippen LogP contribution >= 0.6 is 11.6 Å². The first-order valence-corrected chi connectivity index (χ1v) is 10.6. The maximum atomic E-state index is 13.6. The standard InChI is InChI=1S/C25H21ClN2O3/c1-15-11-13-17(14-12-15)22-21-23(31-28(22)18-7-4-3-5-8-18)25(30)27(24(21)29)20-10-6-9-19(26)16(20)2/h3-14,21-23H,1-2H3/t21-,22+,23+/m0/s1. The minimum absolute atomic E-state index is 0.274. The number of amides is 2. The Morgan fingerprint density at radius 1 is 0.839 bits per heavy atom. The third-order valence-electron chi connectivity index (χ3n) is 6.02. The summed E-state index contributed by atoms with van der Waals surface area (Å²) in [6, 6.07) is 22.4. The Kier molecular flexibility index (Phi) is 4.80. The van der Waals surface area contributed by atoms with Gasteiger partial charge in [0.2, 0.25) is 5.91 Å². The number of carbonyl (C=O) groups is 2. The summed E-state index contributed by atoms with van der Waals surface area (Å²) in [5.74, 6) is -1.30. The SMILES string of the molecule is Cc1ccc([C@@H]2[C@@H]3C(=O)N(c4cccc(Cl)c4C)C(=O)[C@@H]3ON2c2ccccc2)cc1. The number of hydrogen-bond donors (Lipinski definition) is 0. The fraction of sp³-hybridized carbons (Fsp3) is 0.200. The highest BCUT2D eigenvalue weighted by atomic mass is 35.5. The van der Waals surface area contributed by atoms with Gasteiger partial charge in [0.1, 0.15) is 5.92 Å². The normalized spacial score (nSPS) is 22.9. The lowest BCUT2D eigenvalue weighted by atomic mass is 9.90. The van der Waals surface area contributed by atoms with Crippen LogP contribution in [0.15, 0.2) is 72.8 Å². The van der Waals surface area contributed by atoms with Crippen molar-refractivity contribution in [1.29, 1.82) is 0 Å². The molecular weight excluding hydrogens is 412 g/mol. The van der Waals surface area contributed by atoms with E-state index >= 15 is 0 Å². The molecule has 2 amide bonds. The van der Waals surface area contributed by atoms with Gasteiger partial charge in [-0.3, -0.25) is 14.4 Å². The summed E-state index contributed by atoms with van der Waals surface area (Å²) >= 11 is 6.26. The van der Waals surface area contributed by atoms with Gasteiger partial charge in [-0.1, -0.05) is 65.7 Å². The van der Waals surface area contributed by atoms with Crippen molar-refractivity contribution in [3.05, 3.63) is 94.5 Å². The number of hydrogen-bond acceptors (Lipinski definition) is 4. The Labute approximate surface area is 185 Å². The number of benzene rings is 3. The van der Waals surface area contributed by atoms with E-state index in [0.717, 1.165) is 16.8 Å². The number of carbonyl (C=O) groups excluding carboxylic acids is 2. The fourth-order valence-corrected chi connectivity index (χ4v) is 4.56. The molecule has 3 aromatic carbocycles. The van der Waals surface area contributed by atoms with Crippen molar-refractivity contribution < 1.29 is 14.4 Å². The summed E-state index contributed by atoms with van der Waals surface area (Å²) in [6.45, 7) is 3.82. The summed E-state index contributed by atoms with van der Waals surface area (Å²) < 4.78 is 0. The van der Waals surface area contributed by atoms with Crippen molar-refractivity contribution in [2.24, 2.45) is 5.92 Å². The van der Waals surface area contributed by atoms with Gasteiger partial charge in [0.25, 0.3) is 5.91 Å². The number of rotatable bonds is 3. The first kappa shape index (κ1) is 19.8. The third kappa shape index (κ3) is 3.12. The van der Waals surface area contributed by atoms with E-state index in [1.807, 2.05) is 61.5 Å². The lowest BCUT2D eigenvalue weighted by Crippen LogP contribution is -2.37. The predicted molar refractivity (Wildman–Crippen MR) is 120 cm³/mol. The Hall–Kier alpha value is -3.15. The first-order valence-electron chi connectivity index (χ1n) is 10.2. The van der Waals surface area contributed by atoms with E-state index < -0.39 is 18.1 Å². The van der Waals surface area contributed by atoms with Gasteiger partial charge in [0, 0.05) is 5.02 Å². The van der Waals surface area contributed by atoms with Crippen LogP contribution < -0.4 is 9.96 Å². The van der Waals surface area contributed by atoms with Crippen LogP contribution in [0.5, 0.6) is 0 Å². The zero-order valence-electron chi connectivity index (χ0n) is 17.2. The number of fused-ring (bicyclic) bond motifs is 1. The maximum Gasteiger partial charge on any atom is 0.266 e. The van der Waals surface area contributed by atoms with Gasteiger partial charge in [0.15, 0.2) is 6.10 Å². The Bertz CT molecular complexity index is 1160. The van der Waals surface area contributed by atoms with Gasteiger partial charge in [-0.05, 0) is 49.2 Å². The van der Waals surface area contributed by atoms with Gasteiger partial charge in [-0.2, -0.15) is 0 Å². The molecule has 0 aromatic heterocycles. The van der Waals surface area contributed by atoms with Crippen LogP contribution in [0.3, 0.4) is 0 Å². The lowest BCUT2D eigenvalue weighted by molar-refractivity contribution is -0.126. The number of aryl methyl sites for hydroxylation is 1. The molecule has 0 N–H and O–H groups in total. The molecule has 31 heavy (non-hydrogen) atoms. The summed E-state index contributed by atoms with van der Waals surface area (Å²) in [6.07, 6.45) is -0.891. The Balaban J connectivity index is 1.60. The van der Waals surface area contributed by atoms with Crippen LogP contribution in [0.1, 0.15) is 22.7 Å². The molecule has 156 valence electrons. The maximum absolute atomic E-state index is 13.6. The van der Waals surface area contributed by atoms with Crippen LogP contribution in [0.4, 0.5) is 11.4 Å². The van der Waals surface area contributed by atoms with Gasteiger partial charge in [-0.15, -0.1) is 0 Å². The van der Waals surface area contributed by atoms with E-state index in [1.54, 1.807) is 30.2 Å². The van der Waals surface area contributed by atoms with E-state index in [9.17, 15) is 9.59 Å². The molecule has 3 atom stereocenters. The minimum Gasteiger partial charge on any atom is -0.273 e. The van der Waals surface area contributed by atoms with Crippen LogP contribution in [-0.4, -0.2) is 17.9 Å². The van der Waals surface area contributed by atoms with Gasteiger partial charge in [-0.25, -0.2) is 9.96 Å². The van der Waals surface area contributed by atoms with Gasteiger partial charge >= 0.3 is 0 Å². The number of anilines is 2. The molecule has 2 aliphatic heterocycles. The number of para-hydroxylation sites is 1. The van der Waals surface area contributed by atoms with Crippen LogP contribution in [0, 0.1) is 19.8 Å². The van der Waals surface area contributed by atoms with E-state index in [-0.39, 0.29) is 11.8 Å². The largest absolute Gasteiger partial charge is 0.273 e. The van der Waals surface area contributed by atoms with Crippen LogP contribution in [0.2, 0.25) is 5.02 Å².